The minimum Gasteiger partial charge on any atom is -0.393 e. The van der Waals surface area contributed by atoms with E-state index in [9.17, 15) is 18.5 Å². The average molecular weight is 299 g/mol. The van der Waals surface area contributed by atoms with E-state index in [1.807, 2.05) is 11.9 Å². The maximum atomic E-state index is 11.4. The van der Waals surface area contributed by atoms with Gasteiger partial charge in [0.05, 0.1) is 16.4 Å². The van der Waals surface area contributed by atoms with Crippen LogP contribution in [-0.4, -0.2) is 42.8 Å². The number of sulfone groups is 1. The van der Waals surface area contributed by atoms with Gasteiger partial charge in [-0.05, 0) is 25.1 Å². The van der Waals surface area contributed by atoms with E-state index in [1.54, 1.807) is 12.1 Å². The van der Waals surface area contributed by atoms with Gasteiger partial charge in [-0.3, -0.25) is 15.0 Å². The summed E-state index contributed by atoms with van der Waals surface area (Å²) in [5, 5.41) is 10.7. The minimum absolute atomic E-state index is 0.00332. The summed E-state index contributed by atoms with van der Waals surface area (Å²) in [6, 6.07) is 4.59. The Hall–Kier alpha value is -1.67. The molecule has 110 valence electrons. The lowest BCUT2D eigenvalue weighted by Crippen LogP contribution is -2.32. The van der Waals surface area contributed by atoms with E-state index in [0.717, 1.165) is 5.56 Å². The molecule has 0 saturated carbocycles. The lowest BCUT2D eigenvalue weighted by Gasteiger charge is -2.23. The molecule has 0 bridgehead atoms. The van der Waals surface area contributed by atoms with E-state index in [4.69, 9.17) is 5.73 Å². The first kappa shape index (κ1) is 14.7. The van der Waals surface area contributed by atoms with Crippen LogP contribution < -0.4 is 5.73 Å². The van der Waals surface area contributed by atoms with Crippen molar-refractivity contribution in [3.63, 3.8) is 0 Å². The Morgan fingerprint density at radius 2 is 2.20 bits per heavy atom. The third-order valence-electron chi connectivity index (χ3n) is 3.55. The number of hydrogen-bond acceptors (Lipinski definition) is 6. The first-order valence-electron chi connectivity index (χ1n) is 6.22. The second-order valence-corrected chi connectivity index (χ2v) is 7.35. The van der Waals surface area contributed by atoms with E-state index < -0.39 is 14.8 Å². The Bertz CT molecular complexity index is 630. The number of anilines is 1. The molecule has 1 aromatic rings. The van der Waals surface area contributed by atoms with Crippen LogP contribution in [0.3, 0.4) is 0 Å². The van der Waals surface area contributed by atoms with E-state index >= 15 is 0 Å². The molecule has 1 aromatic carbocycles. The molecule has 1 atom stereocenters. The molecule has 1 unspecified atom stereocenters. The molecule has 2 N–H and O–H groups in total. The Balaban J connectivity index is 2.07. The predicted molar refractivity (Wildman–Crippen MR) is 76.0 cm³/mol. The summed E-state index contributed by atoms with van der Waals surface area (Å²) < 4.78 is 22.9. The summed E-state index contributed by atoms with van der Waals surface area (Å²) in [5.74, 6) is 0.399. The fourth-order valence-electron chi connectivity index (χ4n) is 2.41. The van der Waals surface area contributed by atoms with Crippen molar-refractivity contribution in [2.75, 3.05) is 24.3 Å². The second-order valence-electron chi connectivity index (χ2n) is 5.12. The van der Waals surface area contributed by atoms with Gasteiger partial charge in [0.1, 0.15) is 5.69 Å². The van der Waals surface area contributed by atoms with Gasteiger partial charge in [0.25, 0.3) is 5.69 Å². The molecule has 7 nitrogen and oxygen atoms in total. The number of nitrogen functional groups attached to an aromatic ring is 1. The normalized spacial score (nSPS) is 21.2. The maximum Gasteiger partial charge on any atom is 0.292 e. The van der Waals surface area contributed by atoms with Gasteiger partial charge in [0, 0.05) is 18.7 Å². The number of nitro benzene ring substituents is 1. The van der Waals surface area contributed by atoms with Crippen molar-refractivity contribution in [1.82, 2.24) is 4.90 Å². The van der Waals surface area contributed by atoms with Crippen molar-refractivity contribution in [2.45, 2.75) is 19.0 Å². The van der Waals surface area contributed by atoms with Crippen LogP contribution in [0.5, 0.6) is 0 Å². The summed E-state index contributed by atoms with van der Waals surface area (Å²) in [6.45, 7) is 0.516. The Morgan fingerprint density at radius 3 is 2.70 bits per heavy atom. The Morgan fingerprint density at radius 1 is 1.50 bits per heavy atom. The van der Waals surface area contributed by atoms with Crippen molar-refractivity contribution >= 4 is 21.2 Å². The van der Waals surface area contributed by atoms with Gasteiger partial charge in [0.2, 0.25) is 0 Å². The van der Waals surface area contributed by atoms with Gasteiger partial charge in [-0.2, -0.15) is 0 Å². The number of rotatable bonds is 4. The summed E-state index contributed by atoms with van der Waals surface area (Å²) in [5.41, 5.74) is 6.49. The zero-order valence-electron chi connectivity index (χ0n) is 11.2. The quantitative estimate of drug-likeness (QED) is 0.500. The molecule has 0 amide bonds. The van der Waals surface area contributed by atoms with Crippen molar-refractivity contribution in [1.29, 1.82) is 0 Å². The molecule has 0 radical (unpaired) electrons. The SMILES string of the molecule is CN(Cc1ccc([N+](=O)[O-])c(N)c1)C1CCS(=O)(=O)C1. The highest BCUT2D eigenvalue weighted by Crippen LogP contribution is 2.24. The van der Waals surface area contributed by atoms with Crippen molar-refractivity contribution in [3.05, 3.63) is 33.9 Å². The van der Waals surface area contributed by atoms with Crippen LogP contribution in [0.25, 0.3) is 0 Å². The molecule has 1 aliphatic heterocycles. The largest absolute Gasteiger partial charge is 0.393 e. The zero-order valence-corrected chi connectivity index (χ0v) is 12.0. The maximum absolute atomic E-state index is 11.4. The highest BCUT2D eigenvalue weighted by Gasteiger charge is 2.30. The van der Waals surface area contributed by atoms with Gasteiger partial charge in [-0.1, -0.05) is 6.07 Å². The summed E-state index contributed by atoms with van der Waals surface area (Å²) in [4.78, 5) is 12.1. The fourth-order valence-corrected chi connectivity index (χ4v) is 4.21. The standard InChI is InChI=1S/C12H17N3O4S/c1-14(10-4-5-20(18,19)8-10)7-9-2-3-12(15(16)17)11(13)6-9/h2-3,6,10H,4-5,7-8,13H2,1H3. The molecule has 20 heavy (non-hydrogen) atoms. The Kier molecular flexibility index (Phi) is 3.96. The van der Waals surface area contributed by atoms with Gasteiger partial charge in [-0.25, -0.2) is 8.42 Å². The molecule has 2 rings (SSSR count). The lowest BCUT2D eigenvalue weighted by molar-refractivity contribution is -0.383. The average Bonchev–Trinajstić information content (AvgIpc) is 2.69. The van der Waals surface area contributed by atoms with Gasteiger partial charge in [0.15, 0.2) is 9.84 Å². The van der Waals surface area contributed by atoms with Crippen LogP contribution >= 0.6 is 0 Å². The third kappa shape index (κ3) is 3.26. The smallest absolute Gasteiger partial charge is 0.292 e. The first-order chi connectivity index (χ1) is 9.28. The van der Waals surface area contributed by atoms with Crippen LogP contribution in [0.2, 0.25) is 0 Å². The lowest BCUT2D eigenvalue weighted by atomic mass is 10.1. The zero-order chi connectivity index (χ0) is 14.9. The van der Waals surface area contributed by atoms with Crippen LogP contribution in [-0.2, 0) is 16.4 Å². The topological polar surface area (TPSA) is 107 Å². The molecule has 0 aromatic heterocycles. The molecular weight excluding hydrogens is 282 g/mol. The van der Waals surface area contributed by atoms with Gasteiger partial charge in [-0.15, -0.1) is 0 Å². The fraction of sp³-hybridized carbons (Fsp3) is 0.500. The van der Waals surface area contributed by atoms with E-state index in [1.165, 1.54) is 6.07 Å². The van der Waals surface area contributed by atoms with Crippen LogP contribution in [0, 0.1) is 10.1 Å². The van der Waals surface area contributed by atoms with Crippen molar-refractivity contribution in [2.24, 2.45) is 0 Å². The van der Waals surface area contributed by atoms with Gasteiger partial charge < -0.3 is 5.73 Å². The molecular formula is C12H17N3O4S. The van der Waals surface area contributed by atoms with Crippen molar-refractivity contribution < 1.29 is 13.3 Å². The third-order valence-corrected chi connectivity index (χ3v) is 5.30. The molecule has 1 heterocycles. The summed E-state index contributed by atoms with van der Waals surface area (Å²) in [7, 11) is -1.06. The number of hydrogen-bond donors (Lipinski definition) is 1. The molecule has 1 aliphatic rings. The Labute approximate surface area is 117 Å². The molecule has 1 saturated heterocycles. The molecule has 0 spiro atoms. The number of benzene rings is 1. The highest BCUT2D eigenvalue weighted by molar-refractivity contribution is 7.91. The predicted octanol–water partition coefficient (Wildman–Crippen LogP) is 0.796. The van der Waals surface area contributed by atoms with Gasteiger partial charge >= 0.3 is 0 Å². The molecule has 0 aliphatic carbocycles. The molecule has 8 heteroatoms. The van der Waals surface area contributed by atoms with Crippen molar-refractivity contribution in [3.8, 4) is 0 Å². The highest BCUT2D eigenvalue weighted by atomic mass is 32.2. The van der Waals surface area contributed by atoms with E-state index in [2.05, 4.69) is 0 Å². The van der Waals surface area contributed by atoms with E-state index in [-0.39, 0.29) is 28.9 Å². The van der Waals surface area contributed by atoms with Crippen LogP contribution in [0.4, 0.5) is 11.4 Å². The monoisotopic (exact) mass is 299 g/mol. The summed E-state index contributed by atoms with van der Waals surface area (Å²) >= 11 is 0. The number of nitrogens with zero attached hydrogens (tertiary/aromatic N) is 2. The first-order valence-corrected chi connectivity index (χ1v) is 8.04. The van der Waals surface area contributed by atoms with E-state index in [0.29, 0.717) is 13.0 Å². The van der Waals surface area contributed by atoms with Crippen LogP contribution in [0.1, 0.15) is 12.0 Å². The number of nitrogens with two attached hydrogens (primary N) is 1. The molecule has 1 fully saturated rings. The summed E-state index contributed by atoms with van der Waals surface area (Å²) in [6.07, 6.45) is 0.626. The minimum atomic E-state index is -2.91. The second kappa shape index (κ2) is 5.37. The number of nitro groups is 1. The van der Waals surface area contributed by atoms with Crippen LogP contribution in [0.15, 0.2) is 18.2 Å².